The predicted molar refractivity (Wildman–Crippen MR) is 71.4 cm³/mol. The van der Waals surface area contributed by atoms with Gasteiger partial charge in [-0.25, -0.2) is 9.78 Å². The lowest BCUT2D eigenvalue weighted by atomic mass is 10.0. The lowest BCUT2D eigenvalue weighted by Gasteiger charge is -2.15. The maximum Gasteiger partial charge on any atom is 0.108 e. The molecule has 0 saturated heterocycles. The lowest BCUT2D eigenvalue weighted by molar-refractivity contribution is -0.322. The van der Waals surface area contributed by atoms with Gasteiger partial charge in [-0.3, -0.25) is 0 Å². The van der Waals surface area contributed by atoms with E-state index >= 15 is 0 Å². The van der Waals surface area contributed by atoms with Crippen LogP contribution < -0.4 is 0 Å². The predicted octanol–water partition coefficient (Wildman–Crippen LogP) is 3.82. The highest BCUT2D eigenvalue weighted by molar-refractivity contribution is 5.70. The third kappa shape index (κ3) is 2.50. The second-order valence-electron chi connectivity index (χ2n) is 4.30. The highest BCUT2D eigenvalue weighted by atomic mass is 17.2. The van der Waals surface area contributed by atoms with Crippen LogP contribution in [0.4, 0.5) is 0 Å². The van der Waals surface area contributed by atoms with E-state index in [1.807, 2.05) is 18.2 Å². The summed E-state index contributed by atoms with van der Waals surface area (Å²) in [5.41, 5.74) is 4.80. The summed E-state index contributed by atoms with van der Waals surface area (Å²) in [6.45, 7) is 1.07. The van der Waals surface area contributed by atoms with Crippen LogP contribution in [0.25, 0.3) is 12.2 Å². The lowest BCUT2D eigenvalue weighted by Crippen LogP contribution is -2.07. The van der Waals surface area contributed by atoms with Gasteiger partial charge in [0.15, 0.2) is 0 Å². The molecule has 0 unspecified atom stereocenters. The molecule has 0 bridgehead atoms. The molecule has 0 fully saturated rings. The summed E-state index contributed by atoms with van der Waals surface area (Å²) < 4.78 is 0. The number of fused-ring (bicyclic) bond motifs is 1. The van der Waals surface area contributed by atoms with Gasteiger partial charge >= 0.3 is 0 Å². The minimum atomic E-state index is 0.530. The van der Waals surface area contributed by atoms with Gasteiger partial charge in [-0.2, -0.15) is 0 Å². The maximum absolute atomic E-state index is 4.99. The topological polar surface area (TPSA) is 18.5 Å². The molecule has 0 aromatic heterocycles. The Labute approximate surface area is 106 Å². The van der Waals surface area contributed by atoms with Gasteiger partial charge in [-0.1, -0.05) is 54.6 Å². The van der Waals surface area contributed by atoms with Crippen LogP contribution in [-0.4, -0.2) is 0 Å². The molecular weight excluding hydrogens is 224 g/mol. The van der Waals surface area contributed by atoms with E-state index in [0.29, 0.717) is 13.2 Å². The van der Waals surface area contributed by atoms with E-state index in [9.17, 15) is 0 Å². The fourth-order valence-electron chi connectivity index (χ4n) is 1.99. The minimum absolute atomic E-state index is 0.530. The molecule has 0 atom stereocenters. The van der Waals surface area contributed by atoms with Crippen LogP contribution in [0.3, 0.4) is 0 Å². The molecular formula is C16H14O2. The fraction of sp³-hybridized carbons (Fsp3) is 0.125. The molecule has 0 N–H and O–H groups in total. The van der Waals surface area contributed by atoms with Crippen LogP contribution >= 0.6 is 0 Å². The molecule has 18 heavy (non-hydrogen) atoms. The van der Waals surface area contributed by atoms with Crippen molar-refractivity contribution < 1.29 is 9.78 Å². The first-order valence-corrected chi connectivity index (χ1v) is 6.01. The number of hydrogen-bond acceptors (Lipinski definition) is 2. The average Bonchev–Trinajstić information content (AvgIpc) is 2.46. The Hall–Kier alpha value is -1.90. The highest BCUT2D eigenvalue weighted by Crippen LogP contribution is 2.20. The van der Waals surface area contributed by atoms with Gasteiger partial charge in [-0.15, -0.1) is 0 Å². The number of rotatable bonds is 2. The van der Waals surface area contributed by atoms with Gasteiger partial charge in [0.1, 0.15) is 13.2 Å². The summed E-state index contributed by atoms with van der Waals surface area (Å²) in [6, 6.07) is 16.6. The van der Waals surface area contributed by atoms with Crippen molar-refractivity contribution in [2.24, 2.45) is 0 Å². The standard InChI is InChI=1S/C16H14O2/c1-2-4-13(5-3-1)6-7-14-8-9-15-11-17-18-12-16(15)10-14/h1-10H,11-12H2/b7-6-. The van der Waals surface area contributed by atoms with Crippen LogP contribution in [0.5, 0.6) is 0 Å². The van der Waals surface area contributed by atoms with Gasteiger partial charge in [-0.05, 0) is 28.3 Å². The Morgan fingerprint density at radius 1 is 0.722 bits per heavy atom. The SMILES string of the molecule is C(=C/c1ccc2c(c1)COOC2)/c1ccccc1. The molecule has 3 rings (SSSR count). The van der Waals surface area contributed by atoms with Gasteiger partial charge < -0.3 is 0 Å². The van der Waals surface area contributed by atoms with Gasteiger partial charge in [0.05, 0.1) is 0 Å². The summed E-state index contributed by atoms with van der Waals surface area (Å²) in [6.07, 6.45) is 4.23. The normalized spacial score (nSPS) is 14.7. The molecule has 0 amide bonds. The summed E-state index contributed by atoms with van der Waals surface area (Å²) in [5.74, 6) is 0. The summed E-state index contributed by atoms with van der Waals surface area (Å²) >= 11 is 0. The smallest absolute Gasteiger partial charge is 0.108 e. The Balaban J connectivity index is 1.83. The van der Waals surface area contributed by atoms with Crippen molar-refractivity contribution in [1.29, 1.82) is 0 Å². The number of hydrogen-bond donors (Lipinski definition) is 0. The third-order valence-corrected chi connectivity index (χ3v) is 3.01. The van der Waals surface area contributed by atoms with E-state index < -0.39 is 0 Å². The van der Waals surface area contributed by atoms with Crippen molar-refractivity contribution in [3.63, 3.8) is 0 Å². The van der Waals surface area contributed by atoms with Crippen molar-refractivity contribution in [2.45, 2.75) is 13.2 Å². The molecule has 2 nitrogen and oxygen atoms in total. The fourth-order valence-corrected chi connectivity index (χ4v) is 1.99. The van der Waals surface area contributed by atoms with Gasteiger partial charge in [0.2, 0.25) is 0 Å². The molecule has 2 aromatic carbocycles. The van der Waals surface area contributed by atoms with E-state index in [-0.39, 0.29) is 0 Å². The van der Waals surface area contributed by atoms with Crippen LogP contribution in [0.15, 0.2) is 48.5 Å². The third-order valence-electron chi connectivity index (χ3n) is 3.01. The zero-order valence-electron chi connectivity index (χ0n) is 10.0. The van der Waals surface area contributed by atoms with E-state index in [1.54, 1.807) is 0 Å². The van der Waals surface area contributed by atoms with Gasteiger partial charge in [0, 0.05) is 0 Å². The number of benzene rings is 2. The highest BCUT2D eigenvalue weighted by Gasteiger charge is 2.09. The van der Waals surface area contributed by atoms with E-state index in [1.165, 1.54) is 22.3 Å². The minimum Gasteiger partial charge on any atom is -0.232 e. The molecule has 0 saturated carbocycles. The Kier molecular flexibility index (Phi) is 3.22. The molecule has 1 aliphatic rings. The first-order chi connectivity index (χ1) is 8.92. The van der Waals surface area contributed by atoms with E-state index in [2.05, 4.69) is 42.5 Å². The second kappa shape index (κ2) is 5.17. The van der Waals surface area contributed by atoms with Crippen LogP contribution in [0.2, 0.25) is 0 Å². The molecule has 0 radical (unpaired) electrons. The quantitative estimate of drug-likeness (QED) is 0.585. The molecule has 1 aliphatic heterocycles. The first-order valence-electron chi connectivity index (χ1n) is 6.01. The van der Waals surface area contributed by atoms with Crippen molar-refractivity contribution in [2.75, 3.05) is 0 Å². The van der Waals surface area contributed by atoms with Crippen LogP contribution in [0.1, 0.15) is 22.3 Å². The Morgan fingerprint density at radius 2 is 1.44 bits per heavy atom. The van der Waals surface area contributed by atoms with E-state index in [4.69, 9.17) is 9.78 Å². The van der Waals surface area contributed by atoms with Crippen molar-refractivity contribution in [1.82, 2.24) is 0 Å². The summed E-state index contributed by atoms with van der Waals surface area (Å²) in [4.78, 5) is 9.94. The largest absolute Gasteiger partial charge is 0.232 e. The van der Waals surface area contributed by atoms with Gasteiger partial charge in [0.25, 0.3) is 0 Å². The maximum atomic E-state index is 4.99. The van der Waals surface area contributed by atoms with E-state index in [0.717, 1.165) is 0 Å². The molecule has 2 aromatic rings. The monoisotopic (exact) mass is 238 g/mol. The van der Waals surface area contributed by atoms with Crippen molar-refractivity contribution >= 4 is 12.2 Å². The van der Waals surface area contributed by atoms with Crippen LogP contribution in [0, 0.1) is 0 Å². The molecule has 1 heterocycles. The zero-order chi connectivity index (χ0) is 12.2. The van der Waals surface area contributed by atoms with Crippen molar-refractivity contribution in [3.05, 3.63) is 70.8 Å². The van der Waals surface area contributed by atoms with Crippen LogP contribution in [-0.2, 0) is 23.0 Å². The zero-order valence-corrected chi connectivity index (χ0v) is 10.0. The summed E-state index contributed by atoms with van der Waals surface area (Å²) in [5, 5.41) is 0. The van der Waals surface area contributed by atoms with Crippen molar-refractivity contribution in [3.8, 4) is 0 Å². The average molecular weight is 238 g/mol. The first kappa shape index (κ1) is 11.2. The molecule has 0 aliphatic carbocycles. The molecule has 90 valence electrons. The summed E-state index contributed by atoms with van der Waals surface area (Å²) in [7, 11) is 0. The molecule has 2 heteroatoms. The Morgan fingerprint density at radius 3 is 2.28 bits per heavy atom. The Bertz CT molecular complexity index is 559. The molecule has 0 spiro atoms. The second-order valence-corrected chi connectivity index (χ2v) is 4.30.